The first-order chi connectivity index (χ1) is 13.2. The molecule has 0 aliphatic heterocycles. The van der Waals surface area contributed by atoms with Crippen molar-refractivity contribution in [1.82, 2.24) is 4.90 Å². The Balaban J connectivity index is 2.16. The van der Waals surface area contributed by atoms with Gasteiger partial charge in [0, 0.05) is 18.8 Å². The molecule has 0 atom stereocenters. The van der Waals surface area contributed by atoms with E-state index in [0.29, 0.717) is 12.2 Å². The average molecular weight is 408 g/mol. The van der Waals surface area contributed by atoms with Gasteiger partial charge in [-0.15, -0.1) is 0 Å². The molecule has 2 amide bonds. The molecule has 0 spiro atoms. The number of nitrogens with one attached hydrogen (secondary N) is 1. The maximum absolute atomic E-state index is 13.4. The number of hydrogen-bond donors (Lipinski definition) is 1. The topological polar surface area (TPSA) is 75.7 Å². The third-order valence-corrected chi connectivity index (χ3v) is 4.95. The van der Waals surface area contributed by atoms with Crippen molar-refractivity contribution in [3.63, 3.8) is 0 Å². The molecule has 0 aromatic heterocycles. The molecule has 2 rings (SSSR count). The van der Waals surface area contributed by atoms with Crippen LogP contribution < -0.4 is 9.50 Å². The summed E-state index contributed by atoms with van der Waals surface area (Å²) < 4.78 is 41.7. The molecule has 0 bridgehead atoms. The van der Waals surface area contributed by atoms with E-state index in [4.69, 9.17) is 4.18 Å². The molecule has 6 nitrogen and oxygen atoms in total. The highest BCUT2D eigenvalue weighted by Gasteiger charge is 2.17. The first kappa shape index (κ1) is 21.7. The number of carbonyl (C=O) groups excluding carboxylic acids is 1. The number of amides is 2. The highest BCUT2D eigenvalue weighted by molar-refractivity contribution is 7.87. The molecule has 2 aromatic carbocycles. The third kappa shape index (κ3) is 6.84. The third-order valence-electron chi connectivity index (χ3n) is 3.80. The summed E-state index contributed by atoms with van der Waals surface area (Å²) in [6.07, 6.45) is 0. The second kappa shape index (κ2) is 9.54. The van der Waals surface area contributed by atoms with Gasteiger partial charge in [0.15, 0.2) is 0 Å². The minimum Gasteiger partial charge on any atom is -0.382 e. The second-order valence-corrected chi connectivity index (χ2v) is 8.65. The van der Waals surface area contributed by atoms with Crippen LogP contribution in [0.3, 0.4) is 0 Å². The van der Waals surface area contributed by atoms with Crippen molar-refractivity contribution in [2.75, 3.05) is 17.6 Å². The zero-order valence-corrected chi connectivity index (χ0v) is 17.0. The van der Waals surface area contributed by atoms with E-state index in [0.717, 1.165) is 5.56 Å². The number of anilines is 1. The van der Waals surface area contributed by atoms with Gasteiger partial charge in [0.25, 0.3) is 0 Å². The maximum atomic E-state index is 13.4. The largest absolute Gasteiger partial charge is 0.382 e. The highest BCUT2D eigenvalue weighted by atomic mass is 32.2. The van der Waals surface area contributed by atoms with Crippen molar-refractivity contribution < 1.29 is 21.8 Å². The van der Waals surface area contributed by atoms with E-state index in [2.05, 4.69) is 5.32 Å². The summed E-state index contributed by atoms with van der Waals surface area (Å²) in [5.74, 6) is -0.157. The zero-order chi connectivity index (χ0) is 20.7. The highest BCUT2D eigenvalue weighted by Crippen LogP contribution is 2.19. The molecule has 0 saturated heterocycles. The number of nitrogens with zero attached hydrogens (tertiary/aromatic N) is 1. The molecular weight excluding hydrogens is 383 g/mol. The van der Waals surface area contributed by atoms with E-state index in [1.807, 2.05) is 13.8 Å². The summed E-state index contributed by atoms with van der Waals surface area (Å²) in [6, 6.07) is 11.9. The van der Waals surface area contributed by atoms with Crippen molar-refractivity contribution in [1.29, 1.82) is 0 Å². The monoisotopic (exact) mass is 408 g/mol. The Kier molecular flexibility index (Phi) is 7.39. The van der Waals surface area contributed by atoms with Crippen molar-refractivity contribution in [3.05, 3.63) is 59.9 Å². The van der Waals surface area contributed by atoms with Crippen LogP contribution in [0.2, 0.25) is 0 Å². The Morgan fingerprint density at radius 2 is 1.89 bits per heavy atom. The van der Waals surface area contributed by atoms with Crippen LogP contribution in [0.25, 0.3) is 0 Å². The van der Waals surface area contributed by atoms with Crippen LogP contribution in [0.1, 0.15) is 26.3 Å². The van der Waals surface area contributed by atoms with E-state index in [9.17, 15) is 17.6 Å². The van der Waals surface area contributed by atoms with E-state index < -0.39 is 15.9 Å². The lowest BCUT2D eigenvalue weighted by Gasteiger charge is -2.25. The summed E-state index contributed by atoms with van der Waals surface area (Å²) in [5, 5.41) is 2.69. The van der Waals surface area contributed by atoms with Gasteiger partial charge in [0.1, 0.15) is 11.6 Å². The fraction of sp³-hybridized carbons (Fsp3) is 0.350. The van der Waals surface area contributed by atoms with Crippen molar-refractivity contribution in [2.24, 2.45) is 5.92 Å². The number of rotatable bonds is 8. The molecule has 8 heteroatoms. The molecule has 2 aromatic rings. The number of hydrogen-bond acceptors (Lipinski definition) is 4. The van der Waals surface area contributed by atoms with Gasteiger partial charge >= 0.3 is 16.1 Å². The molecule has 0 aliphatic carbocycles. The van der Waals surface area contributed by atoms with E-state index in [-0.39, 0.29) is 30.0 Å². The molecule has 0 heterocycles. The van der Waals surface area contributed by atoms with Crippen molar-refractivity contribution in [3.8, 4) is 5.75 Å². The summed E-state index contributed by atoms with van der Waals surface area (Å²) >= 11 is 0. The number of urea groups is 1. The average Bonchev–Trinajstić information content (AvgIpc) is 2.61. The quantitative estimate of drug-likeness (QED) is 0.663. The molecule has 0 radical (unpaired) electrons. The van der Waals surface area contributed by atoms with Gasteiger partial charge in [0.2, 0.25) is 0 Å². The van der Waals surface area contributed by atoms with Gasteiger partial charge in [-0.25, -0.2) is 9.18 Å². The molecule has 0 saturated carbocycles. The SMILES string of the molecule is CCS(=O)(=O)Oc1cccc(CN(CC(C)C)C(=O)Nc2cccc(F)c2)c1. The number of halogens is 1. The van der Waals surface area contributed by atoms with Crippen LogP contribution in [0.5, 0.6) is 5.75 Å². The van der Waals surface area contributed by atoms with Crippen LogP contribution in [0.15, 0.2) is 48.5 Å². The first-order valence-corrected chi connectivity index (χ1v) is 10.6. The van der Waals surface area contributed by atoms with Gasteiger partial charge in [-0.1, -0.05) is 32.0 Å². The van der Waals surface area contributed by atoms with Gasteiger partial charge in [-0.05, 0) is 48.7 Å². The Bertz CT molecular complexity index is 916. The first-order valence-electron chi connectivity index (χ1n) is 9.01. The normalized spacial score (nSPS) is 11.3. The predicted molar refractivity (Wildman–Crippen MR) is 107 cm³/mol. The maximum Gasteiger partial charge on any atom is 0.322 e. The zero-order valence-electron chi connectivity index (χ0n) is 16.2. The van der Waals surface area contributed by atoms with Gasteiger partial charge < -0.3 is 14.4 Å². The fourth-order valence-electron chi connectivity index (χ4n) is 2.55. The molecular formula is C20H25FN2O4S. The summed E-state index contributed by atoms with van der Waals surface area (Å²) in [5.41, 5.74) is 1.09. The predicted octanol–water partition coefficient (Wildman–Crippen LogP) is 4.24. The smallest absolute Gasteiger partial charge is 0.322 e. The Hall–Kier alpha value is -2.61. The van der Waals surface area contributed by atoms with Crippen LogP contribution >= 0.6 is 0 Å². The van der Waals surface area contributed by atoms with Crippen LogP contribution in [-0.2, 0) is 16.7 Å². The van der Waals surface area contributed by atoms with Crippen LogP contribution in [-0.4, -0.2) is 31.6 Å². The van der Waals surface area contributed by atoms with E-state index in [1.165, 1.54) is 25.1 Å². The van der Waals surface area contributed by atoms with E-state index in [1.54, 1.807) is 35.2 Å². The van der Waals surface area contributed by atoms with Crippen LogP contribution in [0.4, 0.5) is 14.9 Å². The number of benzene rings is 2. The molecule has 28 heavy (non-hydrogen) atoms. The lowest BCUT2D eigenvalue weighted by Crippen LogP contribution is -2.37. The standard InChI is InChI=1S/C20H25FN2O4S/c1-4-28(25,26)27-19-10-5-7-16(11-19)14-23(13-15(2)3)20(24)22-18-9-6-8-17(21)12-18/h5-12,15H,4,13-14H2,1-3H3,(H,22,24). The lowest BCUT2D eigenvalue weighted by molar-refractivity contribution is 0.201. The van der Waals surface area contributed by atoms with Gasteiger partial charge in [-0.2, -0.15) is 8.42 Å². The molecule has 152 valence electrons. The van der Waals surface area contributed by atoms with Crippen LogP contribution in [0, 0.1) is 11.7 Å². The number of carbonyl (C=O) groups is 1. The summed E-state index contributed by atoms with van der Waals surface area (Å²) in [6.45, 7) is 6.19. The Morgan fingerprint density at radius 1 is 1.18 bits per heavy atom. The molecule has 0 fully saturated rings. The Morgan fingerprint density at radius 3 is 2.54 bits per heavy atom. The minimum absolute atomic E-state index is 0.132. The summed E-state index contributed by atoms with van der Waals surface area (Å²) in [4.78, 5) is 14.3. The molecule has 1 N–H and O–H groups in total. The van der Waals surface area contributed by atoms with Crippen molar-refractivity contribution in [2.45, 2.75) is 27.3 Å². The summed E-state index contributed by atoms with van der Waals surface area (Å²) in [7, 11) is -3.63. The molecule has 0 unspecified atom stereocenters. The minimum atomic E-state index is -3.63. The second-order valence-electron chi connectivity index (χ2n) is 6.79. The Labute approximate surface area is 165 Å². The fourth-order valence-corrected chi connectivity index (χ4v) is 3.07. The van der Waals surface area contributed by atoms with Gasteiger partial charge in [0.05, 0.1) is 5.75 Å². The van der Waals surface area contributed by atoms with Crippen molar-refractivity contribution >= 4 is 21.8 Å². The molecule has 0 aliphatic rings. The van der Waals surface area contributed by atoms with Gasteiger partial charge in [-0.3, -0.25) is 0 Å². The van der Waals surface area contributed by atoms with E-state index >= 15 is 0 Å². The lowest BCUT2D eigenvalue weighted by atomic mass is 10.1.